The van der Waals surface area contributed by atoms with Crippen molar-refractivity contribution < 1.29 is 14.4 Å². The maximum absolute atomic E-state index is 10.1. The van der Waals surface area contributed by atoms with Crippen LogP contribution in [0.1, 0.15) is 13.8 Å². The Morgan fingerprint density at radius 2 is 2.10 bits per heavy atom. The molecule has 0 rings (SSSR count). The Bertz CT molecular complexity index is 124. The fraction of sp³-hybridized carbons (Fsp3) is 0.800. The molecule has 0 bridgehead atoms. The number of urea groups is 1. The molecular weight excluding hydrogens is 136 g/mol. The van der Waals surface area contributed by atoms with Crippen molar-refractivity contribution in [2.45, 2.75) is 19.6 Å². The minimum absolute atomic E-state index is 0.745. The molecule has 0 heterocycles. The number of carbonyl (C=O) groups excluding carboxylic acids is 1. The van der Waals surface area contributed by atoms with Gasteiger partial charge >= 0.3 is 6.03 Å². The van der Waals surface area contributed by atoms with Gasteiger partial charge < -0.3 is 10.5 Å². The van der Waals surface area contributed by atoms with Gasteiger partial charge in [0.25, 0.3) is 0 Å². The van der Waals surface area contributed by atoms with Gasteiger partial charge in [0.05, 0.1) is 0 Å². The molecular formula is C5H12N2O3. The highest BCUT2D eigenvalue weighted by Gasteiger charge is 2.17. The van der Waals surface area contributed by atoms with Crippen LogP contribution in [-0.4, -0.2) is 18.9 Å². The lowest BCUT2D eigenvalue weighted by molar-refractivity contribution is -0.221. The first-order valence-electron chi connectivity index (χ1n) is 2.76. The zero-order valence-corrected chi connectivity index (χ0v) is 6.30. The molecule has 2 amide bonds. The summed E-state index contributed by atoms with van der Waals surface area (Å²) >= 11 is 0. The van der Waals surface area contributed by atoms with Crippen LogP contribution in [0.25, 0.3) is 0 Å². The molecule has 5 heteroatoms. The molecule has 0 saturated heterocycles. The van der Waals surface area contributed by atoms with Crippen molar-refractivity contribution in [1.82, 2.24) is 5.48 Å². The van der Waals surface area contributed by atoms with Crippen LogP contribution in [0, 0.1) is 0 Å². The Hall–Kier alpha value is -0.810. The van der Waals surface area contributed by atoms with Gasteiger partial charge in [0.15, 0.2) is 5.79 Å². The summed E-state index contributed by atoms with van der Waals surface area (Å²) < 4.78 is 4.80. The second-order valence-electron chi connectivity index (χ2n) is 2.17. The number of nitrogens with two attached hydrogens (primary N) is 1. The molecule has 0 aromatic heterocycles. The number of ether oxygens (including phenoxy) is 1. The highest BCUT2D eigenvalue weighted by Crippen LogP contribution is 2.05. The number of hydrogen-bond donors (Lipinski definition) is 2. The molecule has 0 aromatic rings. The fourth-order valence-corrected chi connectivity index (χ4v) is 0.215. The second-order valence-corrected chi connectivity index (χ2v) is 2.17. The predicted molar refractivity (Wildman–Crippen MR) is 34.9 cm³/mol. The fourth-order valence-electron chi connectivity index (χ4n) is 0.215. The molecule has 0 aliphatic heterocycles. The zero-order valence-electron chi connectivity index (χ0n) is 6.30. The maximum atomic E-state index is 10.1. The number of carbonyl (C=O) groups is 1. The number of nitrogens with one attached hydrogen (secondary N) is 1. The van der Waals surface area contributed by atoms with Crippen LogP contribution in [0.5, 0.6) is 0 Å². The van der Waals surface area contributed by atoms with Gasteiger partial charge in [0.2, 0.25) is 0 Å². The van der Waals surface area contributed by atoms with Crippen LogP contribution in [0.2, 0.25) is 0 Å². The number of hydrogen-bond acceptors (Lipinski definition) is 3. The molecule has 3 N–H and O–H groups in total. The van der Waals surface area contributed by atoms with Crippen molar-refractivity contribution in [3.8, 4) is 0 Å². The highest BCUT2D eigenvalue weighted by atomic mass is 16.8. The number of primary amides is 1. The number of amides is 2. The average molecular weight is 148 g/mol. The van der Waals surface area contributed by atoms with Crippen molar-refractivity contribution in [2.75, 3.05) is 7.11 Å². The molecule has 0 spiro atoms. The van der Waals surface area contributed by atoms with Crippen LogP contribution < -0.4 is 11.2 Å². The largest absolute Gasteiger partial charge is 0.352 e. The van der Waals surface area contributed by atoms with Crippen molar-refractivity contribution in [3.63, 3.8) is 0 Å². The Balaban J connectivity index is 3.56. The SMILES string of the molecule is COC(C)(C)ONC(N)=O. The average Bonchev–Trinajstić information content (AvgIpc) is 1.85. The van der Waals surface area contributed by atoms with Crippen molar-refractivity contribution in [2.24, 2.45) is 5.73 Å². The van der Waals surface area contributed by atoms with Gasteiger partial charge in [-0.1, -0.05) is 0 Å². The van der Waals surface area contributed by atoms with Crippen LogP contribution in [0.4, 0.5) is 4.79 Å². The molecule has 0 aliphatic carbocycles. The maximum Gasteiger partial charge on any atom is 0.336 e. The lowest BCUT2D eigenvalue weighted by Crippen LogP contribution is -2.39. The van der Waals surface area contributed by atoms with Crippen LogP contribution in [-0.2, 0) is 9.57 Å². The van der Waals surface area contributed by atoms with E-state index >= 15 is 0 Å². The lowest BCUT2D eigenvalue weighted by Gasteiger charge is -2.21. The second kappa shape index (κ2) is 3.38. The first kappa shape index (κ1) is 9.19. The van der Waals surface area contributed by atoms with E-state index in [1.54, 1.807) is 13.8 Å². The summed E-state index contributed by atoms with van der Waals surface area (Å²) in [6.45, 7) is 3.28. The Kier molecular flexibility index (Phi) is 3.11. The summed E-state index contributed by atoms with van der Waals surface area (Å²) in [5.74, 6) is -0.838. The van der Waals surface area contributed by atoms with E-state index in [-0.39, 0.29) is 0 Å². The van der Waals surface area contributed by atoms with Crippen molar-refractivity contribution >= 4 is 6.03 Å². The Morgan fingerprint density at radius 1 is 1.60 bits per heavy atom. The Labute approximate surface area is 59.4 Å². The molecule has 0 radical (unpaired) electrons. The van der Waals surface area contributed by atoms with Crippen LogP contribution in [0.3, 0.4) is 0 Å². The van der Waals surface area contributed by atoms with Gasteiger partial charge in [-0.2, -0.15) is 0 Å². The molecule has 5 nitrogen and oxygen atoms in total. The zero-order chi connectivity index (χ0) is 8.20. The van der Waals surface area contributed by atoms with Crippen LogP contribution >= 0.6 is 0 Å². The third-order valence-corrected chi connectivity index (χ3v) is 0.889. The summed E-state index contributed by atoms with van der Waals surface area (Å²) in [5.41, 5.74) is 6.67. The molecule has 0 aliphatic rings. The van der Waals surface area contributed by atoms with Gasteiger partial charge in [0, 0.05) is 7.11 Å². The van der Waals surface area contributed by atoms with Crippen LogP contribution in [0.15, 0.2) is 0 Å². The smallest absolute Gasteiger partial charge is 0.336 e. The molecule has 60 valence electrons. The molecule has 0 unspecified atom stereocenters. The van der Waals surface area contributed by atoms with E-state index in [1.807, 2.05) is 5.48 Å². The first-order chi connectivity index (χ1) is 4.48. The minimum atomic E-state index is -0.838. The summed E-state index contributed by atoms with van der Waals surface area (Å²) in [7, 11) is 1.46. The quantitative estimate of drug-likeness (QED) is 0.436. The van der Waals surface area contributed by atoms with Gasteiger partial charge in [0.1, 0.15) is 0 Å². The van der Waals surface area contributed by atoms with E-state index in [4.69, 9.17) is 15.3 Å². The standard InChI is InChI=1S/C5H12N2O3/c1-5(2,9-3)10-7-4(6)8/h1-3H3,(H3,6,7,8). The Morgan fingerprint density at radius 3 is 2.40 bits per heavy atom. The van der Waals surface area contributed by atoms with Gasteiger partial charge in [-0.05, 0) is 13.8 Å². The third kappa shape index (κ3) is 4.11. The summed E-state index contributed by atoms with van der Waals surface area (Å²) in [6, 6.07) is -0.745. The highest BCUT2D eigenvalue weighted by molar-refractivity contribution is 5.70. The monoisotopic (exact) mass is 148 g/mol. The van der Waals surface area contributed by atoms with E-state index in [0.29, 0.717) is 0 Å². The van der Waals surface area contributed by atoms with Crippen molar-refractivity contribution in [3.05, 3.63) is 0 Å². The minimum Gasteiger partial charge on any atom is -0.352 e. The van der Waals surface area contributed by atoms with E-state index in [1.165, 1.54) is 7.11 Å². The molecule has 0 atom stereocenters. The van der Waals surface area contributed by atoms with Gasteiger partial charge in [-0.15, -0.1) is 0 Å². The first-order valence-corrected chi connectivity index (χ1v) is 2.76. The topological polar surface area (TPSA) is 73.6 Å². The number of rotatable bonds is 3. The van der Waals surface area contributed by atoms with Gasteiger partial charge in [-0.25, -0.2) is 15.1 Å². The lowest BCUT2D eigenvalue weighted by atomic mass is 10.4. The predicted octanol–water partition coefficient (Wildman–Crippen LogP) is -0.0312. The van der Waals surface area contributed by atoms with Gasteiger partial charge in [-0.3, -0.25) is 0 Å². The van der Waals surface area contributed by atoms with E-state index < -0.39 is 11.8 Å². The summed E-state index contributed by atoms with van der Waals surface area (Å²) in [6.07, 6.45) is 0. The van der Waals surface area contributed by atoms with E-state index in [0.717, 1.165) is 0 Å². The summed E-state index contributed by atoms with van der Waals surface area (Å²) in [5, 5.41) is 0. The van der Waals surface area contributed by atoms with E-state index in [2.05, 4.69) is 0 Å². The molecule has 0 fully saturated rings. The van der Waals surface area contributed by atoms with E-state index in [9.17, 15) is 4.79 Å². The molecule has 0 aromatic carbocycles. The van der Waals surface area contributed by atoms with Crippen molar-refractivity contribution in [1.29, 1.82) is 0 Å². The molecule has 10 heavy (non-hydrogen) atoms. The third-order valence-electron chi connectivity index (χ3n) is 0.889. The normalized spacial score (nSPS) is 11.1. The number of methoxy groups -OCH3 is 1. The summed E-state index contributed by atoms with van der Waals surface area (Å²) in [4.78, 5) is 14.8. The number of hydroxylamine groups is 1. The molecule has 0 saturated carbocycles.